The van der Waals surface area contributed by atoms with Gasteiger partial charge in [0.05, 0.1) is 11.4 Å². The highest BCUT2D eigenvalue weighted by molar-refractivity contribution is 8.93. The first-order valence-corrected chi connectivity index (χ1v) is 8.31. The van der Waals surface area contributed by atoms with Crippen LogP contribution in [0.4, 0.5) is 10.8 Å². The molecular weight excluding hydrogens is 430 g/mol. The van der Waals surface area contributed by atoms with E-state index in [1.807, 2.05) is 0 Å². The van der Waals surface area contributed by atoms with Gasteiger partial charge in [-0.25, -0.2) is 4.98 Å². The average Bonchev–Trinajstić information content (AvgIpc) is 2.93. The van der Waals surface area contributed by atoms with Gasteiger partial charge in [0.1, 0.15) is 0 Å². The molecule has 0 unspecified atom stereocenters. The van der Waals surface area contributed by atoms with Gasteiger partial charge in [0.15, 0.2) is 17.3 Å². The normalized spacial score (nSPS) is 15.0. The summed E-state index contributed by atoms with van der Waals surface area (Å²) < 4.78 is 5.96. The molecule has 0 saturated carbocycles. The standard InChI is InChI=1S/C15H16ClN5O2S.BrH/c1-15(2)12(22)21(3)10-5-7(16)4-8(11(10)23-15)9-6-24-14(19-9)20-13(17)18;/h4-6H,1-3H3,(H4,17,18,19,20);1H. The van der Waals surface area contributed by atoms with Crippen molar-refractivity contribution in [2.24, 2.45) is 16.5 Å². The fraction of sp³-hybridized carbons (Fsp3) is 0.267. The number of aliphatic imine (C=N–C) groups is 1. The third-order valence-electron chi connectivity index (χ3n) is 3.57. The van der Waals surface area contributed by atoms with E-state index in [9.17, 15) is 4.79 Å². The van der Waals surface area contributed by atoms with Crippen LogP contribution in [0.25, 0.3) is 11.3 Å². The molecule has 10 heteroatoms. The maximum Gasteiger partial charge on any atom is 0.270 e. The Morgan fingerprint density at radius 3 is 2.72 bits per heavy atom. The molecule has 134 valence electrons. The van der Waals surface area contributed by atoms with Crippen LogP contribution in [-0.2, 0) is 4.79 Å². The van der Waals surface area contributed by atoms with E-state index >= 15 is 0 Å². The van der Waals surface area contributed by atoms with Gasteiger partial charge >= 0.3 is 0 Å². The first-order chi connectivity index (χ1) is 11.2. The molecule has 1 aromatic carbocycles. The number of rotatable bonds is 2. The van der Waals surface area contributed by atoms with Crippen LogP contribution < -0.4 is 21.1 Å². The number of guanidine groups is 1. The van der Waals surface area contributed by atoms with Gasteiger partial charge in [0, 0.05) is 23.0 Å². The third-order valence-corrected chi connectivity index (χ3v) is 4.52. The quantitative estimate of drug-likeness (QED) is 0.544. The van der Waals surface area contributed by atoms with Crippen molar-refractivity contribution in [3.63, 3.8) is 0 Å². The molecule has 1 amide bonds. The fourth-order valence-electron chi connectivity index (χ4n) is 2.49. The van der Waals surface area contributed by atoms with Gasteiger partial charge in [-0.05, 0) is 26.0 Å². The number of anilines is 1. The van der Waals surface area contributed by atoms with Crippen molar-refractivity contribution in [1.82, 2.24) is 4.98 Å². The summed E-state index contributed by atoms with van der Waals surface area (Å²) in [6.07, 6.45) is 0. The number of benzene rings is 1. The number of carbonyl (C=O) groups excluding carboxylic acids is 1. The van der Waals surface area contributed by atoms with Crippen molar-refractivity contribution in [2.75, 3.05) is 11.9 Å². The van der Waals surface area contributed by atoms with Crippen LogP contribution in [0, 0.1) is 0 Å². The summed E-state index contributed by atoms with van der Waals surface area (Å²) in [6, 6.07) is 3.44. The second kappa shape index (κ2) is 6.81. The van der Waals surface area contributed by atoms with E-state index in [0.717, 1.165) is 0 Å². The number of carbonyl (C=O) groups is 1. The van der Waals surface area contributed by atoms with E-state index in [2.05, 4.69) is 9.98 Å². The predicted octanol–water partition coefficient (Wildman–Crippen LogP) is 3.08. The lowest BCUT2D eigenvalue weighted by molar-refractivity contribution is -0.132. The number of nitrogens with two attached hydrogens (primary N) is 2. The Labute approximate surface area is 164 Å². The Morgan fingerprint density at radius 1 is 1.40 bits per heavy atom. The van der Waals surface area contributed by atoms with Crippen LogP contribution in [0.3, 0.4) is 0 Å². The number of aromatic nitrogens is 1. The highest BCUT2D eigenvalue weighted by atomic mass is 79.9. The number of hydrogen-bond acceptors (Lipinski definition) is 5. The summed E-state index contributed by atoms with van der Waals surface area (Å²) in [5, 5.41) is 2.71. The van der Waals surface area contributed by atoms with Crippen molar-refractivity contribution in [1.29, 1.82) is 0 Å². The first-order valence-electron chi connectivity index (χ1n) is 7.05. The molecule has 2 aromatic rings. The molecule has 2 heterocycles. The van der Waals surface area contributed by atoms with Gasteiger partial charge in [0.2, 0.25) is 5.13 Å². The molecule has 0 aliphatic carbocycles. The largest absolute Gasteiger partial charge is 0.475 e. The van der Waals surface area contributed by atoms with E-state index in [-0.39, 0.29) is 28.8 Å². The number of hydrogen-bond donors (Lipinski definition) is 2. The summed E-state index contributed by atoms with van der Waals surface area (Å²) in [6.45, 7) is 3.44. The lowest BCUT2D eigenvalue weighted by atomic mass is 10.0. The van der Waals surface area contributed by atoms with Gasteiger partial charge in [-0.2, -0.15) is 4.99 Å². The second-order valence-electron chi connectivity index (χ2n) is 5.83. The smallest absolute Gasteiger partial charge is 0.270 e. The molecule has 25 heavy (non-hydrogen) atoms. The molecule has 4 N–H and O–H groups in total. The average molecular weight is 447 g/mol. The van der Waals surface area contributed by atoms with Crippen LogP contribution in [0.5, 0.6) is 5.75 Å². The van der Waals surface area contributed by atoms with Gasteiger partial charge in [-0.1, -0.05) is 11.6 Å². The molecule has 0 fully saturated rings. The number of halogens is 2. The number of nitrogens with zero attached hydrogens (tertiary/aromatic N) is 3. The summed E-state index contributed by atoms with van der Waals surface area (Å²) in [5.41, 5.74) is 11.7. The minimum absolute atomic E-state index is 0. The molecule has 0 bridgehead atoms. The number of ether oxygens (including phenoxy) is 1. The Morgan fingerprint density at radius 2 is 2.08 bits per heavy atom. The van der Waals surface area contributed by atoms with E-state index in [4.69, 9.17) is 27.8 Å². The molecule has 1 aliphatic rings. The number of fused-ring (bicyclic) bond motifs is 1. The highest BCUT2D eigenvalue weighted by Gasteiger charge is 2.40. The Hall–Kier alpha value is -1.84. The molecular formula is C15H17BrClN5O2S. The zero-order valence-corrected chi connectivity index (χ0v) is 17.0. The molecule has 1 aromatic heterocycles. The number of thiazole rings is 1. The maximum atomic E-state index is 12.4. The van der Waals surface area contributed by atoms with Gasteiger partial charge in [0.25, 0.3) is 5.91 Å². The fourth-order valence-corrected chi connectivity index (χ4v) is 3.41. The first kappa shape index (κ1) is 19.5. The zero-order chi connectivity index (χ0) is 17.6. The van der Waals surface area contributed by atoms with Crippen LogP contribution in [0.15, 0.2) is 22.5 Å². The van der Waals surface area contributed by atoms with Crippen LogP contribution in [0.1, 0.15) is 13.8 Å². The predicted molar refractivity (Wildman–Crippen MR) is 106 cm³/mol. The molecule has 0 saturated heterocycles. The molecule has 3 rings (SSSR count). The summed E-state index contributed by atoms with van der Waals surface area (Å²) in [4.78, 5) is 22.3. The lowest BCUT2D eigenvalue weighted by Gasteiger charge is -2.37. The minimum Gasteiger partial charge on any atom is -0.475 e. The maximum absolute atomic E-state index is 12.4. The highest BCUT2D eigenvalue weighted by Crippen LogP contribution is 2.46. The molecule has 7 nitrogen and oxygen atoms in total. The van der Waals surface area contributed by atoms with E-state index in [0.29, 0.717) is 32.8 Å². The van der Waals surface area contributed by atoms with E-state index < -0.39 is 5.60 Å². The van der Waals surface area contributed by atoms with Gasteiger partial charge in [-0.3, -0.25) is 4.79 Å². The van der Waals surface area contributed by atoms with Crippen molar-refractivity contribution < 1.29 is 9.53 Å². The van der Waals surface area contributed by atoms with Crippen molar-refractivity contribution in [3.8, 4) is 17.0 Å². The van der Waals surface area contributed by atoms with E-state index in [1.54, 1.807) is 38.4 Å². The third kappa shape index (κ3) is 3.58. The van der Waals surface area contributed by atoms with Gasteiger partial charge in [-0.15, -0.1) is 28.3 Å². The summed E-state index contributed by atoms with van der Waals surface area (Å²) in [7, 11) is 1.69. The molecule has 0 radical (unpaired) electrons. The zero-order valence-electron chi connectivity index (χ0n) is 13.7. The lowest BCUT2D eigenvalue weighted by Crippen LogP contribution is -2.51. The number of likely N-dealkylation sites (N-methyl/N-ethyl adjacent to an activating group) is 1. The minimum atomic E-state index is -0.983. The van der Waals surface area contributed by atoms with E-state index in [1.165, 1.54) is 16.2 Å². The summed E-state index contributed by atoms with van der Waals surface area (Å²) >= 11 is 7.51. The topological polar surface area (TPSA) is 107 Å². The van der Waals surface area contributed by atoms with Crippen LogP contribution in [-0.4, -0.2) is 29.5 Å². The molecule has 0 spiro atoms. The molecule has 1 aliphatic heterocycles. The summed E-state index contributed by atoms with van der Waals surface area (Å²) in [5.74, 6) is 0.336. The Kier molecular flexibility index (Phi) is 5.31. The van der Waals surface area contributed by atoms with Crippen molar-refractivity contribution in [2.45, 2.75) is 19.4 Å². The van der Waals surface area contributed by atoms with Crippen molar-refractivity contribution >= 4 is 62.6 Å². The van der Waals surface area contributed by atoms with Crippen molar-refractivity contribution in [3.05, 3.63) is 22.5 Å². The Balaban J connectivity index is 0.00000225. The van der Waals surface area contributed by atoms with Crippen LogP contribution in [0.2, 0.25) is 5.02 Å². The molecule has 0 atom stereocenters. The Bertz CT molecular complexity index is 864. The monoisotopic (exact) mass is 445 g/mol. The van der Waals surface area contributed by atoms with Gasteiger partial charge < -0.3 is 21.1 Å². The SMILES string of the molecule is Br.CN1C(=O)C(C)(C)Oc2c(-c3csc(N=C(N)N)n3)cc(Cl)cc21. The second-order valence-corrected chi connectivity index (χ2v) is 7.10. The van der Waals surface area contributed by atoms with Crippen LogP contribution >= 0.6 is 39.9 Å². The number of amides is 1.